The number of aryl methyl sites for hydroxylation is 1. The van der Waals surface area contributed by atoms with Crippen LogP contribution in [0.2, 0.25) is 5.02 Å². The second kappa shape index (κ2) is 9.25. The molecule has 0 saturated heterocycles. The molecule has 150 valence electrons. The minimum Gasteiger partial charge on any atom is -0.374 e. The molecule has 7 nitrogen and oxygen atoms in total. The van der Waals surface area contributed by atoms with E-state index < -0.39 is 6.04 Å². The first kappa shape index (κ1) is 20.4. The highest BCUT2D eigenvalue weighted by Gasteiger charge is 2.17. The van der Waals surface area contributed by atoms with Crippen LogP contribution in [0.15, 0.2) is 59.1 Å². The maximum atomic E-state index is 12.4. The Balaban J connectivity index is 1.59. The van der Waals surface area contributed by atoms with E-state index in [1.807, 2.05) is 6.92 Å². The summed E-state index contributed by atoms with van der Waals surface area (Å²) in [5.74, 6) is 0.572. The average Bonchev–Trinajstić information content (AvgIpc) is 3.12. The van der Waals surface area contributed by atoms with Gasteiger partial charge in [0, 0.05) is 28.0 Å². The van der Waals surface area contributed by atoms with Crippen molar-refractivity contribution < 1.29 is 14.1 Å². The first-order valence-corrected chi connectivity index (χ1v) is 9.50. The summed E-state index contributed by atoms with van der Waals surface area (Å²) in [7, 11) is 0. The van der Waals surface area contributed by atoms with Gasteiger partial charge in [-0.2, -0.15) is 0 Å². The van der Waals surface area contributed by atoms with Crippen LogP contribution in [0.4, 0.5) is 17.2 Å². The summed E-state index contributed by atoms with van der Waals surface area (Å²) < 4.78 is 4.95. The Morgan fingerprint density at radius 1 is 1.03 bits per heavy atom. The summed E-state index contributed by atoms with van der Waals surface area (Å²) in [6, 6.07) is 15.0. The van der Waals surface area contributed by atoms with Gasteiger partial charge in [-0.1, -0.05) is 23.7 Å². The molecule has 0 bridgehead atoms. The fourth-order valence-electron chi connectivity index (χ4n) is 2.65. The third-order valence-corrected chi connectivity index (χ3v) is 4.45. The van der Waals surface area contributed by atoms with E-state index in [2.05, 4.69) is 21.1 Å². The van der Waals surface area contributed by atoms with Gasteiger partial charge in [0.15, 0.2) is 5.82 Å². The van der Waals surface area contributed by atoms with Crippen LogP contribution in [0, 0.1) is 6.92 Å². The highest BCUT2D eigenvalue weighted by atomic mass is 35.5. The van der Waals surface area contributed by atoms with E-state index in [1.165, 1.54) is 0 Å². The van der Waals surface area contributed by atoms with E-state index in [0.29, 0.717) is 34.3 Å². The van der Waals surface area contributed by atoms with Crippen LogP contribution in [0.25, 0.3) is 0 Å². The molecule has 0 radical (unpaired) electrons. The third kappa shape index (κ3) is 5.58. The number of benzene rings is 2. The number of carbonyl (C=O) groups excluding carboxylic acids is 2. The SMILES string of the molecule is CCC(Nc1ccc(NC(=O)c2ccc(Cl)cc2)cc1)C(=O)Nc1cc(C)on1. The van der Waals surface area contributed by atoms with Crippen molar-refractivity contribution >= 4 is 40.6 Å². The van der Waals surface area contributed by atoms with Crippen molar-refractivity contribution in [1.82, 2.24) is 5.16 Å². The Bertz CT molecular complexity index is 984. The van der Waals surface area contributed by atoms with Gasteiger partial charge in [-0.25, -0.2) is 0 Å². The maximum Gasteiger partial charge on any atom is 0.255 e. The Labute approximate surface area is 173 Å². The van der Waals surface area contributed by atoms with E-state index >= 15 is 0 Å². The molecule has 0 aliphatic rings. The Kier molecular flexibility index (Phi) is 6.51. The van der Waals surface area contributed by atoms with Crippen molar-refractivity contribution in [3.63, 3.8) is 0 Å². The normalized spacial score (nSPS) is 11.6. The Hall–Kier alpha value is -3.32. The highest BCUT2D eigenvalue weighted by Crippen LogP contribution is 2.18. The second-order valence-corrected chi connectivity index (χ2v) is 6.89. The maximum absolute atomic E-state index is 12.4. The standard InChI is InChI=1S/C21H21ClN4O3/c1-3-18(21(28)25-19-12-13(2)29-26-19)23-16-8-10-17(11-9-16)24-20(27)14-4-6-15(22)7-5-14/h4-12,18,23H,3H2,1-2H3,(H,24,27)(H,25,26,28). The number of hydrogen-bond donors (Lipinski definition) is 3. The third-order valence-electron chi connectivity index (χ3n) is 4.19. The van der Waals surface area contributed by atoms with Gasteiger partial charge in [-0.15, -0.1) is 0 Å². The van der Waals surface area contributed by atoms with E-state index in [-0.39, 0.29) is 11.8 Å². The smallest absolute Gasteiger partial charge is 0.255 e. The summed E-state index contributed by atoms with van der Waals surface area (Å²) in [6.45, 7) is 3.66. The van der Waals surface area contributed by atoms with Crippen LogP contribution < -0.4 is 16.0 Å². The van der Waals surface area contributed by atoms with Crippen LogP contribution in [0.5, 0.6) is 0 Å². The molecular weight excluding hydrogens is 392 g/mol. The zero-order valence-corrected chi connectivity index (χ0v) is 16.8. The predicted molar refractivity (Wildman–Crippen MR) is 113 cm³/mol. The minimum atomic E-state index is -0.443. The molecular formula is C21H21ClN4O3. The van der Waals surface area contributed by atoms with E-state index in [1.54, 1.807) is 61.5 Å². The summed E-state index contributed by atoms with van der Waals surface area (Å²) in [6.07, 6.45) is 0.581. The monoisotopic (exact) mass is 412 g/mol. The quantitative estimate of drug-likeness (QED) is 0.521. The number of nitrogens with one attached hydrogen (secondary N) is 3. The summed E-state index contributed by atoms with van der Waals surface area (Å²) in [5, 5.41) is 13.1. The zero-order chi connectivity index (χ0) is 20.8. The molecule has 8 heteroatoms. The highest BCUT2D eigenvalue weighted by molar-refractivity contribution is 6.30. The number of anilines is 3. The molecule has 0 spiro atoms. The van der Waals surface area contributed by atoms with Crippen molar-refractivity contribution in [1.29, 1.82) is 0 Å². The van der Waals surface area contributed by atoms with Crippen LogP contribution in [-0.2, 0) is 4.79 Å². The molecule has 0 fully saturated rings. The van der Waals surface area contributed by atoms with Crippen LogP contribution in [0.1, 0.15) is 29.5 Å². The Morgan fingerprint density at radius 2 is 1.69 bits per heavy atom. The molecule has 3 N–H and O–H groups in total. The van der Waals surface area contributed by atoms with Gasteiger partial charge in [-0.05, 0) is 61.9 Å². The topological polar surface area (TPSA) is 96.3 Å². The molecule has 0 aliphatic heterocycles. The molecule has 0 saturated carbocycles. The van der Waals surface area contributed by atoms with Crippen LogP contribution in [-0.4, -0.2) is 23.0 Å². The number of hydrogen-bond acceptors (Lipinski definition) is 5. The largest absolute Gasteiger partial charge is 0.374 e. The van der Waals surface area contributed by atoms with Gasteiger partial charge >= 0.3 is 0 Å². The molecule has 3 rings (SSSR count). The van der Waals surface area contributed by atoms with Crippen molar-refractivity contribution in [2.45, 2.75) is 26.3 Å². The average molecular weight is 413 g/mol. The summed E-state index contributed by atoms with van der Waals surface area (Å²) >= 11 is 5.84. The van der Waals surface area contributed by atoms with E-state index in [4.69, 9.17) is 16.1 Å². The zero-order valence-electron chi connectivity index (χ0n) is 16.0. The summed E-state index contributed by atoms with van der Waals surface area (Å²) in [5.41, 5.74) is 1.92. The number of aromatic nitrogens is 1. The number of rotatable bonds is 7. The first-order chi connectivity index (χ1) is 13.9. The second-order valence-electron chi connectivity index (χ2n) is 6.46. The molecule has 2 amide bonds. The van der Waals surface area contributed by atoms with Crippen molar-refractivity contribution in [3.05, 3.63) is 70.9 Å². The van der Waals surface area contributed by atoms with E-state index in [9.17, 15) is 9.59 Å². The number of carbonyl (C=O) groups is 2. The van der Waals surface area contributed by atoms with Crippen LogP contribution in [0.3, 0.4) is 0 Å². The number of halogens is 1. The molecule has 2 aromatic carbocycles. The lowest BCUT2D eigenvalue weighted by Crippen LogP contribution is -2.34. The fraction of sp³-hybridized carbons (Fsp3) is 0.190. The lowest BCUT2D eigenvalue weighted by Gasteiger charge is -2.17. The van der Waals surface area contributed by atoms with Crippen molar-refractivity contribution in [2.24, 2.45) is 0 Å². The van der Waals surface area contributed by atoms with Gasteiger partial charge < -0.3 is 20.5 Å². The molecule has 1 heterocycles. The van der Waals surface area contributed by atoms with Gasteiger partial charge in [0.1, 0.15) is 11.8 Å². The number of nitrogens with zero attached hydrogens (tertiary/aromatic N) is 1. The van der Waals surface area contributed by atoms with Crippen molar-refractivity contribution in [3.8, 4) is 0 Å². The molecule has 1 atom stereocenters. The fourth-order valence-corrected chi connectivity index (χ4v) is 2.77. The molecule has 29 heavy (non-hydrogen) atoms. The number of amides is 2. The van der Waals surface area contributed by atoms with Gasteiger partial charge in [0.05, 0.1) is 0 Å². The van der Waals surface area contributed by atoms with E-state index in [0.717, 1.165) is 5.69 Å². The predicted octanol–water partition coefficient (Wildman–Crippen LogP) is 4.72. The molecule has 1 unspecified atom stereocenters. The molecule has 1 aromatic heterocycles. The lowest BCUT2D eigenvalue weighted by molar-refractivity contribution is -0.117. The molecule has 0 aliphatic carbocycles. The van der Waals surface area contributed by atoms with Gasteiger partial charge in [-0.3, -0.25) is 9.59 Å². The van der Waals surface area contributed by atoms with Crippen molar-refractivity contribution in [2.75, 3.05) is 16.0 Å². The summed E-state index contributed by atoms with van der Waals surface area (Å²) in [4.78, 5) is 24.7. The van der Waals surface area contributed by atoms with Gasteiger partial charge in [0.2, 0.25) is 5.91 Å². The van der Waals surface area contributed by atoms with Crippen LogP contribution >= 0.6 is 11.6 Å². The van der Waals surface area contributed by atoms with Gasteiger partial charge in [0.25, 0.3) is 5.91 Å². The first-order valence-electron chi connectivity index (χ1n) is 9.12. The minimum absolute atomic E-state index is 0.207. The lowest BCUT2D eigenvalue weighted by atomic mass is 10.1. The molecule has 3 aromatic rings. The Morgan fingerprint density at radius 3 is 2.28 bits per heavy atom.